The van der Waals surface area contributed by atoms with Gasteiger partial charge in [0.25, 0.3) is 21.5 Å². The Morgan fingerprint density at radius 1 is 1.26 bits per heavy atom. The van der Waals surface area contributed by atoms with E-state index in [1.165, 1.54) is 34.9 Å². The van der Waals surface area contributed by atoms with Crippen molar-refractivity contribution in [3.8, 4) is 11.5 Å². The number of pyridine rings is 1. The first kappa shape index (κ1) is 22.8. The van der Waals surface area contributed by atoms with Crippen LogP contribution in [-0.2, 0) is 21.4 Å². The molecule has 4 N–H and O–H groups in total. The molecule has 182 valence electrons. The Labute approximate surface area is 198 Å². The quantitative estimate of drug-likeness (QED) is 0.449. The number of aryl methyl sites for hydroxylation is 1. The van der Waals surface area contributed by atoms with Crippen LogP contribution in [0.4, 0.5) is 10.1 Å². The van der Waals surface area contributed by atoms with Crippen LogP contribution in [-0.4, -0.2) is 36.4 Å². The number of nitrogens with two attached hydrogens (primary N) is 1. The van der Waals surface area contributed by atoms with E-state index >= 15 is 0 Å². The summed E-state index contributed by atoms with van der Waals surface area (Å²) in [5.74, 6) is -1.72. The summed E-state index contributed by atoms with van der Waals surface area (Å²) in [6.45, 7) is -0.112. The monoisotopic (exact) mass is 500 g/mol. The van der Waals surface area contributed by atoms with Gasteiger partial charge in [0, 0.05) is 18.0 Å². The number of sulfonamides is 1. The zero-order valence-corrected chi connectivity index (χ0v) is 19.1. The molecule has 0 atom stereocenters. The van der Waals surface area contributed by atoms with Gasteiger partial charge in [-0.3, -0.25) is 9.59 Å². The summed E-state index contributed by atoms with van der Waals surface area (Å²) in [7, 11) is -4.33. The average molecular weight is 501 g/mol. The van der Waals surface area contributed by atoms with Crippen molar-refractivity contribution in [1.82, 2.24) is 4.57 Å². The molecule has 0 spiro atoms. The van der Waals surface area contributed by atoms with Gasteiger partial charge in [-0.15, -0.1) is 4.40 Å². The van der Waals surface area contributed by atoms with Gasteiger partial charge in [0.05, 0.1) is 11.2 Å². The highest BCUT2D eigenvalue weighted by molar-refractivity contribution is 7.90. The van der Waals surface area contributed by atoms with Gasteiger partial charge in [-0.25, -0.2) is 4.39 Å². The van der Waals surface area contributed by atoms with Crippen LogP contribution in [0.5, 0.6) is 11.5 Å². The number of primary amides is 1. The molecule has 1 aliphatic carbocycles. The van der Waals surface area contributed by atoms with Crippen LogP contribution in [0.15, 0.2) is 50.5 Å². The second-order valence-electron chi connectivity index (χ2n) is 8.53. The number of ether oxygens (including phenoxy) is 1. The number of amides is 1. The van der Waals surface area contributed by atoms with Gasteiger partial charge in [0.15, 0.2) is 12.4 Å². The molecule has 0 saturated heterocycles. The van der Waals surface area contributed by atoms with Gasteiger partial charge in [-0.05, 0) is 42.7 Å². The van der Waals surface area contributed by atoms with E-state index in [1.54, 1.807) is 0 Å². The van der Waals surface area contributed by atoms with E-state index in [1.807, 2.05) is 0 Å². The SMILES string of the molecule is NC(=O)COc1ccc2c(c1)S(=O)(=O)N=C(c1c(O)c3cc(F)ccc3n(CCC3CC3)c1=O)N2. The van der Waals surface area contributed by atoms with Crippen LogP contribution < -0.4 is 21.3 Å². The molecule has 1 saturated carbocycles. The van der Waals surface area contributed by atoms with Crippen LogP contribution in [0.1, 0.15) is 24.8 Å². The highest BCUT2D eigenvalue weighted by Crippen LogP contribution is 2.36. The summed E-state index contributed by atoms with van der Waals surface area (Å²) < 4.78 is 50.3. The van der Waals surface area contributed by atoms with Crippen molar-refractivity contribution in [1.29, 1.82) is 0 Å². The number of anilines is 1. The van der Waals surface area contributed by atoms with Gasteiger partial charge in [-0.1, -0.05) is 12.8 Å². The number of hydrogen-bond acceptors (Lipinski definition) is 7. The molecule has 12 heteroatoms. The van der Waals surface area contributed by atoms with E-state index in [4.69, 9.17) is 10.5 Å². The smallest absolute Gasteiger partial charge is 0.286 e. The Bertz CT molecular complexity index is 1580. The molecule has 0 unspecified atom stereocenters. The normalized spacial score (nSPS) is 16.3. The number of benzene rings is 2. The lowest BCUT2D eigenvalue weighted by atomic mass is 10.1. The minimum absolute atomic E-state index is 0.0679. The lowest BCUT2D eigenvalue weighted by Crippen LogP contribution is -2.33. The Morgan fingerprint density at radius 2 is 2.03 bits per heavy atom. The molecule has 1 aromatic heterocycles. The first-order valence-electron chi connectivity index (χ1n) is 10.9. The number of amidine groups is 1. The van der Waals surface area contributed by atoms with E-state index in [0.717, 1.165) is 25.3 Å². The number of carbonyl (C=O) groups is 1. The molecule has 35 heavy (non-hydrogen) atoms. The maximum Gasteiger partial charge on any atom is 0.286 e. The highest BCUT2D eigenvalue weighted by atomic mass is 32.2. The number of halogens is 1. The average Bonchev–Trinajstić information content (AvgIpc) is 3.62. The lowest BCUT2D eigenvalue weighted by molar-refractivity contribution is -0.119. The Balaban J connectivity index is 1.63. The fraction of sp³-hybridized carbons (Fsp3) is 0.261. The van der Waals surface area contributed by atoms with Crippen molar-refractivity contribution < 1.29 is 27.4 Å². The number of hydrogen-bond donors (Lipinski definition) is 3. The van der Waals surface area contributed by atoms with Crippen molar-refractivity contribution >= 4 is 38.4 Å². The maximum atomic E-state index is 14.0. The number of fused-ring (bicyclic) bond motifs is 2. The number of carbonyl (C=O) groups excluding carboxylic acids is 1. The van der Waals surface area contributed by atoms with Crippen LogP contribution in [0.25, 0.3) is 10.9 Å². The molecule has 1 aliphatic heterocycles. The molecule has 0 bridgehead atoms. The van der Waals surface area contributed by atoms with Crippen LogP contribution in [0.3, 0.4) is 0 Å². The third-order valence-corrected chi connectivity index (χ3v) is 7.29. The summed E-state index contributed by atoms with van der Waals surface area (Å²) >= 11 is 0. The summed E-state index contributed by atoms with van der Waals surface area (Å²) in [6, 6.07) is 7.67. The minimum Gasteiger partial charge on any atom is -0.506 e. The fourth-order valence-electron chi connectivity index (χ4n) is 4.06. The van der Waals surface area contributed by atoms with Gasteiger partial charge in [-0.2, -0.15) is 8.42 Å². The summed E-state index contributed by atoms with van der Waals surface area (Å²) in [5.41, 5.74) is 4.46. The standard InChI is InChI=1S/C23H21FN4O6S/c24-13-3-6-17-15(9-13)21(30)20(23(31)28(17)8-7-12-1-2-12)22-26-16-5-4-14(34-11-19(25)29)10-18(16)35(32,33)27-22/h3-6,9-10,12,30H,1-2,7-8,11H2,(H2,25,29)(H,26,27). The van der Waals surface area contributed by atoms with Gasteiger partial charge in [0.2, 0.25) is 0 Å². The van der Waals surface area contributed by atoms with Crippen molar-refractivity contribution in [3.05, 3.63) is 58.1 Å². The second-order valence-corrected chi connectivity index (χ2v) is 10.1. The van der Waals surface area contributed by atoms with Gasteiger partial charge < -0.3 is 25.5 Å². The minimum atomic E-state index is -4.33. The number of aromatic nitrogens is 1. The van der Waals surface area contributed by atoms with E-state index in [2.05, 4.69) is 9.71 Å². The van der Waals surface area contributed by atoms with E-state index in [9.17, 15) is 27.5 Å². The van der Waals surface area contributed by atoms with Crippen LogP contribution in [0, 0.1) is 11.7 Å². The van der Waals surface area contributed by atoms with Crippen molar-refractivity contribution in [3.63, 3.8) is 0 Å². The van der Waals surface area contributed by atoms with Crippen LogP contribution >= 0.6 is 0 Å². The Kier molecular flexibility index (Phi) is 5.47. The second kappa shape index (κ2) is 8.38. The largest absolute Gasteiger partial charge is 0.506 e. The number of aromatic hydroxyl groups is 1. The fourth-order valence-corrected chi connectivity index (χ4v) is 5.20. The molecule has 2 aromatic carbocycles. The van der Waals surface area contributed by atoms with Gasteiger partial charge in [0.1, 0.15) is 27.8 Å². The molecule has 5 rings (SSSR count). The molecule has 2 heterocycles. The van der Waals surface area contributed by atoms with E-state index in [-0.39, 0.29) is 33.1 Å². The molecule has 1 fully saturated rings. The number of nitrogens with zero attached hydrogens (tertiary/aromatic N) is 2. The van der Waals surface area contributed by atoms with Crippen molar-refractivity contribution in [2.45, 2.75) is 30.7 Å². The predicted octanol–water partition coefficient (Wildman–Crippen LogP) is 2.07. The Morgan fingerprint density at radius 3 is 2.74 bits per heavy atom. The summed E-state index contributed by atoms with van der Waals surface area (Å²) in [4.78, 5) is 24.2. The van der Waals surface area contributed by atoms with E-state index < -0.39 is 39.7 Å². The topological polar surface area (TPSA) is 153 Å². The number of nitrogens with one attached hydrogen (secondary N) is 1. The molecule has 1 amide bonds. The third kappa shape index (κ3) is 4.32. The van der Waals surface area contributed by atoms with Crippen molar-refractivity contribution in [2.75, 3.05) is 11.9 Å². The zero-order chi connectivity index (χ0) is 24.9. The first-order chi connectivity index (χ1) is 16.6. The third-order valence-electron chi connectivity index (χ3n) is 5.97. The molecular formula is C23H21FN4O6S. The summed E-state index contributed by atoms with van der Waals surface area (Å²) in [5, 5.41) is 13.8. The Hall–Kier alpha value is -3.93. The number of rotatable bonds is 7. The summed E-state index contributed by atoms with van der Waals surface area (Å²) in [6.07, 6.45) is 2.87. The molecule has 0 radical (unpaired) electrons. The molecular weight excluding hydrogens is 479 g/mol. The van der Waals surface area contributed by atoms with Crippen molar-refractivity contribution in [2.24, 2.45) is 16.0 Å². The molecule has 3 aromatic rings. The lowest BCUT2D eigenvalue weighted by Gasteiger charge is -2.21. The zero-order valence-electron chi connectivity index (χ0n) is 18.3. The highest BCUT2D eigenvalue weighted by Gasteiger charge is 2.31. The first-order valence-corrected chi connectivity index (χ1v) is 12.3. The predicted molar refractivity (Wildman–Crippen MR) is 126 cm³/mol. The molecule has 2 aliphatic rings. The molecule has 10 nitrogen and oxygen atoms in total. The van der Waals surface area contributed by atoms with E-state index in [0.29, 0.717) is 18.0 Å². The van der Waals surface area contributed by atoms with Gasteiger partial charge >= 0.3 is 0 Å². The maximum absolute atomic E-state index is 14.0. The van der Waals surface area contributed by atoms with Crippen LogP contribution in [0.2, 0.25) is 0 Å².